The van der Waals surface area contributed by atoms with Crippen LogP contribution < -0.4 is 5.73 Å². The maximum atomic E-state index is 5.60. The standard InChI is InChI=1S/C11H10N6S2/c12-11-13-6-10(19-11)18-7-9-14-15-16-17(9)8-4-2-1-3-5-8/h1-6H,7H2,(H2,12,13). The molecule has 0 saturated carbocycles. The normalized spacial score (nSPS) is 10.7. The molecule has 0 bridgehead atoms. The molecule has 0 amide bonds. The summed E-state index contributed by atoms with van der Waals surface area (Å²) < 4.78 is 2.79. The van der Waals surface area contributed by atoms with Crippen LogP contribution in [0.25, 0.3) is 5.69 Å². The summed E-state index contributed by atoms with van der Waals surface area (Å²) in [6, 6.07) is 9.81. The summed E-state index contributed by atoms with van der Waals surface area (Å²) in [6.07, 6.45) is 1.77. The molecule has 0 aliphatic heterocycles. The number of hydrogen-bond donors (Lipinski definition) is 1. The molecule has 0 saturated heterocycles. The van der Waals surface area contributed by atoms with Crippen LogP contribution in [-0.2, 0) is 5.75 Å². The zero-order valence-corrected chi connectivity index (χ0v) is 11.4. The van der Waals surface area contributed by atoms with Crippen molar-refractivity contribution < 1.29 is 0 Å². The Morgan fingerprint density at radius 3 is 2.84 bits per heavy atom. The Morgan fingerprint density at radius 2 is 2.11 bits per heavy atom. The molecular formula is C11H10N6S2. The Morgan fingerprint density at radius 1 is 1.26 bits per heavy atom. The van der Waals surface area contributed by atoms with E-state index in [0.717, 1.165) is 15.7 Å². The van der Waals surface area contributed by atoms with Crippen LogP contribution in [0.4, 0.5) is 5.13 Å². The van der Waals surface area contributed by atoms with Gasteiger partial charge in [-0.1, -0.05) is 29.5 Å². The molecule has 96 valence electrons. The minimum Gasteiger partial charge on any atom is -0.375 e. The van der Waals surface area contributed by atoms with Crippen LogP contribution in [0.3, 0.4) is 0 Å². The molecule has 0 unspecified atom stereocenters. The number of rotatable bonds is 4. The molecular weight excluding hydrogens is 280 g/mol. The third-order valence-corrected chi connectivity index (χ3v) is 4.40. The van der Waals surface area contributed by atoms with Crippen LogP contribution in [-0.4, -0.2) is 25.2 Å². The van der Waals surface area contributed by atoms with E-state index in [1.807, 2.05) is 30.3 Å². The van der Waals surface area contributed by atoms with Crippen molar-refractivity contribution in [2.75, 3.05) is 5.73 Å². The number of thioether (sulfide) groups is 1. The number of hydrogen-bond acceptors (Lipinski definition) is 7. The summed E-state index contributed by atoms with van der Waals surface area (Å²) in [4.78, 5) is 4.01. The molecule has 3 aromatic rings. The molecule has 0 radical (unpaired) electrons. The molecule has 19 heavy (non-hydrogen) atoms. The fraction of sp³-hybridized carbons (Fsp3) is 0.0909. The molecule has 2 aromatic heterocycles. The molecule has 1 aromatic carbocycles. The molecule has 8 heteroatoms. The summed E-state index contributed by atoms with van der Waals surface area (Å²) in [5, 5.41) is 12.4. The van der Waals surface area contributed by atoms with Crippen LogP contribution in [0, 0.1) is 0 Å². The first-order chi connectivity index (χ1) is 9.33. The van der Waals surface area contributed by atoms with Gasteiger partial charge in [0.05, 0.1) is 21.8 Å². The predicted molar refractivity (Wildman–Crippen MR) is 75.2 cm³/mol. The van der Waals surface area contributed by atoms with E-state index in [4.69, 9.17) is 5.73 Å². The number of nitrogens with two attached hydrogens (primary N) is 1. The summed E-state index contributed by atoms with van der Waals surface area (Å²) in [7, 11) is 0. The second-order valence-electron chi connectivity index (χ2n) is 3.65. The lowest BCUT2D eigenvalue weighted by atomic mass is 10.3. The van der Waals surface area contributed by atoms with E-state index in [0.29, 0.717) is 10.9 Å². The first kappa shape index (κ1) is 12.1. The zero-order valence-electron chi connectivity index (χ0n) is 9.80. The highest BCUT2D eigenvalue weighted by Gasteiger charge is 2.09. The molecule has 2 N–H and O–H groups in total. The van der Waals surface area contributed by atoms with Crippen LogP contribution in [0.2, 0.25) is 0 Å². The number of thiazole rings is 1. The van der Waals surface area contributed by atoms with Gasteiger partial charge in [-0.2, -0.15) is 4.68 Å². The minimum absolute atomic E-state index is 0.574. The number of anilines is 1. The molecule has 3 rings (SSSR count). The van der Waals surface area contributed by atoms with E-state index in [1.165, 1.54) is 11.3 Å². The van der Waals surface area contributed by atoms with Crippen molar-refractivity contribution in [3.05, 3.63) is 42.4 Å². The van der Waals surface area contributed by atoms with Gasteiger partial charge >= 0.3 is 0 Å². The summed E-state index contributed by atoms with van der Waals surface area (Å²) in [5.41, 5.74) is 6.55. The van der Waals surface area contributed by atoms with E-state index < -0.39 is 0 Å². The van der Waals surface area contributed by atoms with Gasteiger partial charge in [0.25, 0.3) is 0 Å². The van der Waals surface area contributed by atoms with Crippen molar-refractivity contribution in [1.82, 2.24) is 25.2 Å². The van der Waals surface area contributed by atoms with Crippen molar-refractivity contribution in [2.24, 2.45) is 0 Å². The predicted octanol–water partition coefficient (Wildman–Crippen LogP) is 1.99. The molecule has 0 atom stereocenters. The first-order valence-electron chi connectivity index (χ1n) is 5.50. The van der Waals surface area contributed by atoms with E-state index in [9.17, 15) is 0 Å². The highest BCUT2D eigenvalue weighted by Crippen LogP contribution is 2.28. The Balaban J connectivity index is 1.77. The monoisotopic (exact) mass is 290 g/mol. The molecule has 0 aliphatic carbocycles. The van der Waals surface area contributed by atoms with E-state index in [-0.39, 0.29) is 0 Å². The maximum Gasteiger partial charge on any atom is 0.181 e. The van der Waals surface area contributed by atoms with Gasteiger partial charge in [-0.3, -0.25) is 0 Å². The van der Waals surface area contributed by atoms with Crippen molar-refractivity contribution in [3.8, 4) is 5.69 Å². The van der Waals surface area contributed by atoms with Gasteiger partial charge in [0.2, 0.25) is 0 Å². The van der Waals surface area contributed by atoms with Gasteiger partial charge in [0.1, 0.15) is 0 Å². The average molecular weight is 290 g/mol. The Bertz CT molecular complexity index is 663. The van der Waals surface area contributed by atoms with Crippen LogP contribution >= 0.6 is 23.1 Å². The summed E-state index contributed by atoms with van der Waals surface area (Å²) in [6.45, 7) is 0. The lowest BCUT2D eigenvalue weighted by molar-refractivity contribution is 0.777. The number of para-hydroxylation sites is 1. The number of aromatic nitrogens is 5. The minimum atomic E-state index is 0.574. The largest absolute Gasteiger partial charge is 0.375 e. The Kier molecular flexibility index (Phi) is 3.43. The molecule has 6 nitrogen and oxygen atoms in total. The van der Waals surface area contributed by atoms with E-state index >= 15 is 0 Å². The first-order valence-corrected chi connectivity index (χ1v) is 7.30. The fourth-order valence-electron chi connectivity index (χ4n) is 1.54. The van der Waals surface area contributed by atoms with Gasteiger partial charge in [-0.25, -0.2) is 4.98 Å². The van der Waals surface area contributed by atoms with Gasteiger partial charge in [-0.15, -0.1) is 16.9 Å². The fourth-order valence-corrected chi connectivity index (χ4v) is 3.20. The quantitative estimate of drug-likeness (QED) is 0.740. The van der Waals surface area contributed by atoms with E-state index in [1.54, 1.807) is 22.6 Å². The SMILES string of the molecule is Nc1ncc(SCc2nnnn2-c2ccccc2)s1. The number of benzene rings is 1. The number of tetrazole rings is 1. The van der Waals surface area contributed by atoms with E-state index in [2.05, 4.69) is 20.5 Å². The third kappa shape index (κ3) is 2.74. The molecule has 2 heterocycles. The summed E-state index contributed by atoms with van der Waals surface area (Å²) in [5.74, 6) is 1.46. The van der Waals surface area contributed by atoms with Crippen molar-refractivity contribution >= 4 is 28.2 Å². The zero-order chi connectivity index (χ0) is 13.1. The maximum absolute atomic E-state index is 5.60. The number of nitrogen functional groups attached to an aromatic ring is 1. The lowest BCUT2D eigenvalue weighted by Crippen LogP contribution is -2.01. The average Bonchev–Trinajstić information content (AvgIpc) is 3.06. The Labute approximate surface area is 117 Å². The summed E-state index contributed by atoms with van der Waals surface area (Å²) >= 11 is 3.08. The van der Waals surface area contributed by atoms with Gasteiger partial charge in [0.15, 0.2) is 11.0 Å². The lowest BCUT2D eigenvalue weighted by Gasteiger charge is -2.02. The molecule has 0 spiro atoms. The topological polar surface area (TPSA) is 82.5 Å². The van der Waals surface area contributed by atoms with Crippen LogP contribution in [0.15, 0.2) is 40.7 Å². The van der Waals surface area contributed by atoms with Crippen molar-refractivity contribution in [2.45, 2.75) is 9.96 Å². The van der Waals surface area contributed by atoms with Crippen molar-refractivity contribution in [1.29, 1.82) is 0 Å². The highest BCUT2D eigenvalue weighted by molar-refractivity contribution is 8.00. The second-order valence-corrected chi connectivity index (χ2v) is 5.99. The molecule has 0 fully saturated rings. The van der Waals surface area contributed by atoms with Crippen LogP contribution in [0.1, 0.15) is 5.82 Å². The smallest absolute Gasteiger partial charge is 0.181 e. The van der Waals surface area contributed by atoms with Gasteiger partial charge in [0, 0.05) is 0 Å². The second kappa shape index (κ2) is 5.37. The highest BCUT2D eigenvalue weighted by atomic mass is 32.2. The van der Waals surface area contributed by atoms with Crippen LogP contribution in [0.5, 0.6) is 0 Å². The van der Waals surface area contributed by atoms with Gasteiger partial charge in [-0.05, 0) is 22.6 Å². The molecule has 0 aliphatic rings. The number of nitrogens with zero attached hydrogens (tertiary/aromatic N) is 5. The Hall–Kier alpha value is -1.93. The van der Waals surface area contributed by atoms with Crippen molar-refractivity contribution in [3.63, 3.8) is 0 Å². The third-order valence-electron chi connectivity index (χ3n) is 2.38. The van der Waals surface area contributed by atoms with Gasteiger partial charge < -0.3 is 5.73 Å².